The van der Waals surface area contributed by atoms with Crippen molar-refractivity contribution in [1.82, 2.24) is 0 Å². The molecule has 0 N–H and O–H groups in total. The summed E-state index contributed by atoms with van der Waals surface area (Å²) < 4.78 is 51.4. The van der Waals surface area contributed by atoms with Crippen molar-refractivity contribution in [1.29, 1.82) is 0 Å². The first-order valence-corrected chi connectivity index (χ1v) is 9.80. The van der Waals surface area contributed by atoms with E-state index in [0.29, 0.717) is 6.61 Å². The molecule has 1 aliphatic rings. The number of nitrogens with zero attached hydrogens (tertiary/aromatic N) is 1. The minimum absolute atomic E-state index is 0.134. The van der Waals surface area contributed by atoms with Crippen LogP contribution < -0.4 is 9.64 Å². The predicted molar refractivity (Wildman–Crippen MR) is 111 cm³/mol. The minimum atomic E-state index is -4.75. The number of para-hydroxylation sites is 2. The molecule has 3 aromatic carbocycles. The molecule has 3 aromatic rings. The number of epoxide rings is 1. The fourth-order valence-corrected chi connectivity index (χ4v) is 3.16. The molecule has 1 atom stereocenters. The Labute approximate surface area is 182 Å². The lowest BCUT2D eigenvalue weighted by atomic mass is 10.1. The van der Waals surface area contributed by atoms with Gasteiger partial charge in [-0.1, -0.05) is 42.5 Å². The largest absolute Gasteiger partial charge is 0.489 e. The standard InChI is InChI=1S/C24H18F3NO4/c25-24(26,27)20-13-7-12-19(21(20)32-15-18-14-31-18)23(30)28(17-10-5-2-6-11-17)22(29)16-8-3-1-4-9-16/h1-13,18H,14-15H2. The normalized spacial score (nSPS) is 15.2. The van der Waals surface area contributed by atoms with Gasteiger partial charge in [0.05, 0.1) is 23.4 Å². The molecular formula is C24H18F3NO4. The topological polar surface area (TPSA) is 59.1 Å². The number of hydrogen-bond donors (Lipinski definition) is 0. The number of amides is 2. The Morgan fingerprint density at radius 2 is 1.53 bits per heavy atom. The van der Waals surface area contributed by atoms with Gasteiger partial charge in [0.25, 0.3) is 11.8 Å². The van der Waals surface area contributed by atoms with E-state index in [1.165, 1.54) is 30.3 Å². The van der Waals surface area contributed by atoms with Crippen molar-refractivity contribution in [2.24, 2.45) is 0 Å². The number of carbonyl (C=O) groups excluding carboxylic acids is 2. The molecule has 0 aromatic heterocycles. The van der Waals surface area contributed by atoms with Gasteiger partial charge < -0.3 is 9.47 Å². The first-order valence-electron chi connectivity index (χ1n) is 9.80. The Balaban J connectivity index is 1.80. The Kier molecular flexibility index (Phi) is 5.96. The van der Waals surface area contributed by atoms with Gasteiger partial charge in [0, 0.05) is 5.56 Å². The van der Waals surface area contributed by atoms with Crippen LogP contribution in [0.25, 0.3) is 0 Å². The van der Waals surface area contributed by atoms with Crippen LogP contribution in [0.1, 0.15) is 26.3 Å². The molecule has 1 unspecified atom stereocenters. The van der Waals surface area contributed by atoms with Gasteiger partial charge >= 0.3 is 6.18 Å². The Bertz CT molecular complexity index is 1110. The third-order valence-corrected chi connectivity index (χ3v) is 4.81. The van der Waals surface area contributed by atoms with Crippen LogP contribution in [0, 0.1) is 0 Å². The molecule has 1 aliphatic heterocycles. The minimum Gasteiger partial charge on any atom is -0.489 e. The SMILES string of the molecule is O=C(c1ccccc1)N(C(=O)c1cccc(C(F)(F)F)c1OCC1CO1)c1ccccc1. The van der Waals surface area contributed by atoms with Gasteiger partial charge in [-0.3, -0.25) is 9.59 Å². The number of halogens is 3. The lowest BCUT2D eigenvalue weighted by Gasteiger charge is -2.23. The van der Waals surface area contributed by atoms with E-state index < -0.39 is 29.3 Å². The second-order valence-corrected chi connectivity index (χ2v) is 7.09. The molecule has 1 heterocycles. The maximum absolute atomic E-state index is 13.7. The van der Waals surface area contributed by atoms with Crippen molar-refractivity contribution >= 4 is 17.5 Å². The molecule has 8 heteroatoms. The molecule has 0 spiro atoms. The molecular weight excluding hydrogens is 423 g/mol. The average molecular weight is 441 g/mol. The number of imide groups is 1. The van der Waals surface area contributed by atoms with Crippen molar-refractivity contribution in [2.45, 2.75) is 12.3 Å². The van der Waals surface area contributed by atoms with Crippen LogP contribution in [0.5, 0.6) is 5.75 Å². The van der Waals surface area contributed by atoms with E-state index in [2.05, 4.69) is 0 Å². The Morgan fingerprint density at radius 3 is 2.12 bits per heavy atom. The zero-order valence-electron chi connectivity index (χ0n) is 16.7. The van der Waals surface area contributed by atoms with Crippen molar-refractivity contribution < 1.29 is 32.2 Å². The van der Waals surface area contributed by atoms with Crippen LogP contribution in [0.3, 0.4) is 0 Å². The van der Waals surface area contributed by atoms with Crippen LogP contribution in [-0.4, -0.2) is 31.1 Å². The van der Waals surface area contributed by atoms with Gasteiger partial charge in [-0.25, -0.2) is 4.90 Å². The van der Waals surface area contributed by atoms with Crippen LogP contribution in [0.15, 0.2) is 78.9 Å². The third kappa shape index (κ3) is 4.65. The van der Waals surface area contributed by atoms with E-state index in [-0.39, 0.29) is 29.5 Å². The molecule has 1 fully saturated rings. The number of ether oxygens (including phenoxy) is 2. The fraction of sp³-hybridized carbons (Fsp3) is 0.167. The summed E-state index contributed by atoms with van der Waals surface area (Å²) in [5.41, 5.74) is -1.02. The van der Waals surface area contributed by atoms with Crippen LogP contribution in [0.2, 0.25) is 0 Å². The van der Waals surface area contributed by atoms with Crippen molar-refractivity contribution in [3.8, 4) is 5.75 Å². The second kappa shape index (κ2) is 8.84. The van der Waals surface area contributed by atoms with Crippen LogP contribution >= 0.6 is 0 Å². The van der Waals surface area contributed by atoms with E-state index >= 15 is 0 Å². The summed E-state index contributed by atoms with van der Waals surface area (Å²) in [6.07, 6.45) is -5.08. The van der Waals surface area contributed by atoms with Crippen molar-refractivity contribution in [3.05, 3.63) is 95.6 Å². The van der Waals surface area contributed by atoms with E-state index in [1.807, 2.05) is 0 Å². The number of rotatable bonds is 6. The number of anilines is 1. The molecule has 0 saturated carbocycles. The molecule has 0 radical (unpaired) electrons. The van der Waals surface area contributed by atoms with E-state index in [0.717, 1.165) is 17.0 Å². The molecule has 5 nitrogen and oxygen atoms in total. The maximum atomic E-state index is 13.7. The smallest absolute Gasteiger partial charge is 0.419 e. The molecule has 4 rings (SSSR count). The highest BCUT2D eigenvalue weighted by atomic mass is 19.4. The second-order valence-electron chi connectivity index (χ2n) is 7.09. The Morgan fingerprint density at radius 1 is 0.906 bits per heavy atom. The van der Waals surface area contributed by atoms with Gasteiger partial charge in [-0.2, -0.15) is 13.2 Å². The summed E-state index contributed by atoms with van der Waals surface area (Å²) >= 11 is 0. The van der Waals surface area contributed by atoms with E-state index in [4.69, 9.17) is 9.47 Å². The third-order valence-electron chi connectivity index (χ3n) is 4.81. The van der Waals surface area contributed by atoms with Crippen molar-refractivity contribution in [2.75, 3.05) is 18.1 Å². The van der Waals surface area contributed by atoms with Gasteiger partial charge in [-0.05, 0) is 36.4 Å². The molecule has 32 heavy (non-hydrogen) atoms. The first-order chi connectivity index (χ1) is 15.4. The average Bonchev–Trinajstić information content (AvgIpc) is 3.63. The quantitative estimate of drug-likeness (QED) is 0.400. The van der Waals surface area contributed by atoms with Gasteiger partial charge in [0.2, 0.25) is 0 Å². The first kappa shape index (κ1) is 21.6. The maximum Gasteiger partial charge on any atom is 0.419 e. The molecule has 1 saturated heterocycles. The van der Waals surface area contributed by atoms with Crippen LogP contribution in [0.4, 0.5) is 18.9 Å². The monoisotopic (exact) mass is 441 g/mol. The highest BCUT2D eigenvalue weighted by Crippen LogP contribution is 2.39. The summed E-state index contributed by atoms with van der Waals surface area (Å²) in [6.45, 7) is 0.242. The number of carbonyl (C=O) groups is 2. The van der Waals surface area contributed by atoms with Crippen LogP contribution in [-0.2, 0) is 10.9 Å². The van der Waals surface area contributed by atoms with Crippen molar-refractivity contribution in [3.63, 3.8) is 0 Å². The number of hydrogen-bond acceptors (Lipinski definition) is 4. The zero-order valence-corrected chi connectivity index (χ0v) is 16.7. The number of benzene rings is 3. The van der Waals surface area contributed by atoms with E-state index in [1.54, 1.807) is 36.4 Å². The van der Waals surface area contributed by atoms with E-state index in [9.17, 15) is 22.8 Å². The lowest BCUT2D eigenvalue weighted by molar-refractivity contribution is -0.139. The fourth-order valence-electron chi connectivity index (χ4n) is 3.16. The molecule has 0 aliphatic carbocycles. The summed E-state index contributed by atoms with van der Waals surface area (Å²) in [6, 6.07) is 19.2. The highest BCUT2D eigenvalue weighted by molar-refractivity contribution is 6.26. The zero-order chi connectivity index (χ0) is 22.7. The lowest BCUT2D eigenvalue weighted by Crippen LogP contribution is -2.37. The summed E-state index contributed by atoms with van der Waals surface area (Å²) in [5, 5.41) is 0. The summed E-state index contributed by atoms with van der Waals surface area (Å²) in [5.74, 6) is -2.22. The number of alkyl halides is 3. The van der Waals surface area contributed by atoms with Gasteiger partial charge in [0.15, 0.2) is 0 Å². The van der Waals surface area contributed by atoms with Gasteiger partial charge in [0.1, 0.15) is 18.5 Å². The predicted octanol–water partition coefficient (Wildman–Crippen LogP) is 4.97. The molecule has 2 amide bonds. The summed E-state index contributed by atoms with van der Waals surface area (Å²) in [4.78, 5) is 27.7. The molecule has 0 bridgehead atoms. The highest BCUT2D eigenvalue weighted by Gasteiger charge is 2.38. The summed E-state index contributed by atoms with van der Waals surface area (Å²) in [7, 11) is 0. The molecule has 164 valence electrons. The Hall–Kier alpha value is -3.65. The van der Waals surface area contributed by atoms with Gasteiger partial charge in [-0.15, -0.1) is 0 Å².